The maximum Gasteiger partial charge on any atom is 0.289 e. The van der Waals surface area contributed by atoms with Gasteiger partial charge in [-0.3, -0.25) is 14.5 Å². The molecule has 1 fully saturated rings. The van der Waals surface area contributed by atoms with Crippen molar-refractivity contribution < 1.29 is 14.0 Å². The van der Waals surface area contributed by atoms with E-state index in [1.807, 2.05) is 57.2 Å². The second-order valence-electron chi connectivity index (χ2n) is 8.08. The van der Waals surface area contributed by atoms with Gasteiger partial charge in [0.25, 0.3) is 5.91 Å². The van der Waals surface area contributed by atoms with Crippen LogP contribution in [0.15, 0.2) is 45.3 Å². The minimum Gasteiger partial charge on any atom is -0.451 e. The quantitative estimate of drug-likeness (QED) is 0.592. The van der Waals surface area contributed by atoms with E-state index in [-0.39, 0.29) is 11.8 Å². The number of piperazine rings is 1. The molecule has 2 aromatic carbocycles. The molecule has 0 aliphatic carbocycles. The first-order chi connectivity index (χ1) is 14.8. The molecule has 2 heterocycles. The van der Waals surface area contributed by atoms with Gasteiger partial charge in [0, 0.05) is 47.3 Å². The third-order valence-electron chi connectivity index (χ3n) is 5.86. The van der Waals surface area contributed by atoms with E-state index in [1.54, 1.807) is 4.90 Å². The molecule has 1 aliphatic rings. The molecule has 6 nitrogen and oxygen atoms in total. The van der Waals surface area contributed by atoms with Gasteiger partial charge in [-0.2, -0.15) is 0 Å². The Labute approximate surface area is 190 Å². The van der Waals surface area contributed by atoms with Crippen LogP contribution in [-0.2, 0) is 4.79 Å². The van der Waals surface area contributed by atoms with E-state index in [9.17, 15) is 9.59 Å². The summed E-state index contributed by atoms with van der Waals surface area (Å²) < 4.78 is 6.81. The van der Waals surface area contributed by atoms with Crippen molar-refractivity contribution in [1.82, 2.24) is 9.80 Å². The molecule has 31 heavy (non-hydrogen) atoms. The molecule has 0 bridgehead atoms. The molecular weight excluding hydrogens is 458 g/mol. The molecule has 0 unspecified atom stereocenters. The van der Waals surface area contributed by atoms with Crippen molar-refractivity contribution in [2.75, 3.05) is 38.0 Å². The minimum atomic E-state index is -0.0931. The van der Waals surface area contributed by atoms with Crippen molar-refractivity contribution in [3.05, 3.63) is 63.3 Å². The van der Waals surface area contributed by atoms with Gasteiger partial charge in [-0.15, -0.1) is 0 Å². The summed E-state index contributed by atoms with van der Waals surface area (Å²) in [6.07, 6.45) is 0. The lowest BCUT2D eigenvalue weighted by Crippen LogP contribution is -2.50. The highest BCUT2D eigenvalue weighted by atomic mass is 79.9. The van der Waals surface area contributed by atoms with E-state index in [4.69, 9.17) is 4.42 Å². The summed E-state index contributed by atoms with van der Waals surface area (Å²) in [5, 5.41) is 3.98. The Kier molecular flexibility index (Phi) is 6.16. The van der Waals surface area contributed by atoms with Crippen LogP contribution >= 0.6 is 15.9 Å². The third kappa shape index (κ3) is 4.52. The predicted molar refractivity (Wildman–Crippen MR) is 126 cm³/mol. The average Bonchev–Trinajstić information content (AvgIpc) is 3.07. The van der Waals surface area contributed by atoms with Crippen LogP contribution < -0.4 is 5.32 Å². The maximum absolute atomic E-state index is 13.0. The fraction of sp³-hybridized carbons (Fsp3) is 0.333. The second-order valence-corrected chi connectivity index (χ2v) is 9.00. The largest absolute Gasteiger partial charge is 0.451 e. The van der Waals surface area contributed by atoms with Crippen molar-refractivity contribution in [2.24, 2.45) is 0 Å². The molecule has 0 radical (unpaired) electrons. The number of furan rings is 1. The lowest BCUT2D eigenvalue weighted by Gasteiger charge is -2.34. The molecule has 0 spiro atoms. The topological polar surface area (TPSA) is 65.8 Å². The Morgan fingerprint density at radius 2 is 1.71 bits per heavy atom. The normalized spacial score (nSPS) is 14.8. The maximum atomic E-state index is 13.0. The number of aryl methyl sites for hydroxylation is 3. The lowest BCUT2D eigenvalue weighted by molar-refractivity contribution is -0.117. The highest BCUT2D eigenvalue weighted by Crippen LogP contribution is 2.29. The molecule has 1 saturated heterocycles. The van der Waals surface area contributed by atoms with E-state index < -0.39 is 0 Å². The van der Waals surface area contributed by atoms with Crippen molar-refractivity contribution in [2.45, 2.75) is 20.8 Å². The fourth-order valence-electron chi connectivity index (χ4n) is 4.04. The summed E-state index contributed by atoms with van der Waals surface area (Å²) in [6.45, 7) is 8.64. The Bertz CT molecular complexity index is 1130. The van der Waals surface area contributed by atoms with Gasteiger partial charge in [-0.1, -0.05) is 34.1 Å². The van der Waals surface area contributed by atoms with E-state index >= 15 is 0 Å². The molecule has 1 aliphatic heterocycles. The molecule has 4 rings (SSSR count). The molecule has 0 saturated carbocycles. The number of hydrogen-bond donors (Lipinski definition) is 1. The summed E-state index contributed by atoms with van der Waals surface area (Å²) in [5.41, 5.74) is 4.56. The number of nitrogens with one attached hydrogen (secondary N) is 1. The van der Waals surface area contributed by atoms with Crippen LogP contribution in [0.3, 0.4) is 0 Å². The van der Waals surface area contributed by atoms with Crippen LogP contribution in [0.25, 0.3) is 11.0 Å². The van der Waals surface area contributed by atoms with Crippen LogP contribution in [-0.4, -0.2) is 54.3 Å². The molecule has 0 atom stereocenters. The number of anilines is 1. The van der Waals surface area contributed by atoms with Crippen molar-refractivity contribution in [1.29, 1.82) is 0 Å². The van der Waals surface area contributed by atoms with Gasteiger partial charge >= 0.3 is 0 Å². The van der Waals surface area contributed by atoms with Gasteiger partial charge in [-0.05, 0) is 50.1 Å². The Hall–Kier alpha value is -2.64. The van der Waals surface area contributed by atoms with Gasteiger partial charge in [0.15, 0.2) is 5.76 Å². The number of nitrogens with zero attached hydrogens (tertiary/aromatic N) is 2. The monoisotopic (exact) mass is 483 g/mol. The summed E-state index contributed by atoms with van der Waals surface area (Å²) in [6, 6.07) is 11.7. The van der Waals surface area contributed by atoms with Crippen LogP contribution in [0.1, 0.15) is 27.2 Å². The number of benzene rings is 2. The first-order valence-corrected chi connectivity index (χ1v) is 11.2. The zero-order valence-corrected chi connectivity index (χ0v) is 19.6. The van der Waals surface area contributed by atoms with Crippen LogP contribution in [0.2, 0.25) is 0 Å². The molecule has 3 aromatic rings. The van der Waals surface area contributed by atoms with Crippen LogP contribution in [0, 0.1) is 20.8 Å². The van der Waals surface area contributed by atoms with Gasteiger partial charge in [0.1, 0.15) is 5.58 Å². The lowest BCUT2D eigenvalue weighted by atomic mass is 10.1. The standard InChI is InChI=1S/C24H26BrN3O3/c1-15-5-4-6-16(2)22(15)26-21(29)14-27-9-11-28(12-10-27)24(30)23-17(3)19-13-18(25)7-8-20(19)31-23/h4-8,13H,9-12,14H2,1-3H3,(H,26,29). The van der Waals surface area contributed by atoms with Crippen LogP contribution in [0.4, 0.5) is 5.69 Å². The molecule has 1 N–H and O–H groups in total. The van der Waals surface area contributed by atoms with Crippen LogP contribution in [0.5, 0.6) is 0 Å². The number of rotatable bonds is 4. The minimum absolute atomic E-state index is 0.0316. The number of para-hydroxylation sites is 1. The smallest absolute Gasteiger partial charge is 0.289 e. The van der Waals surface area contributed by atoms with Crippen molar-refractivity contribution in [3.8, 4) is 0 Å². The highest BCUT2D eigenvalue weighted by Gasteiger charge is 2.27. The van der Waals surface area contributed by atoms with Gasteiger partial charge in [0.2, 0.25) is 5.91 Å². The van der Waals surface area contributed by atoms with E-state index in [2.05, 4.69) is 26.1 Å². The summed E-state index contributed by atoms with van der Waals surface area (Å²) in [4.78, 5) is 29.5. The van der Waals surface area contributed by atoms with E-state index in [0.29, 0.717) is 44.1 Å². The first-order valence-electron chi connectivity index (χ1n) is 10.4. The molecule has 2 amide bonds. The highest BCUT2D eigenvalue weighted by molar-refractivity contribution is 9.10. The zero-order valence-electron chi connectivity index (χ0n) is 18.0. The summed E-state index contributed by atoms with van der Waals surface area (Å²) in [7, 11) is 0. The molecule has 1 aromatic heterocycles. The molecular formula is C24H26BrN3O3. The van der Waals surface area contributed by atoms with Gasteiger partial charge < -0.3 is 14.6 Å². The number of carbonyl (C=O) groups excluding carboxylic acids is 2. The van der Waals surface area contributed by atoms with Crippen molar-refractivity contribution in [3.63, 3.8) is 0 Å². The zero-order chi connectivity index (χ0) is 22.1. The van der Waals surface area contributed by atoms with E-state index in [1.165, 1.54) is 0 Å². The van der Waals surface area contributed by atoms with Gasteiger partial charge in [-0.25, -0.2) is 0 Å². The van der Waals surface area contributed by atoms with Crippen molar-refractivity contribution >= 4 is 44.4 Å². The Balaban J connectivity index is 1.36. The predicted octanol–water partition coefficient (Wildman–Crippen LogP) is 4.52. The number of carbonyl (C=O) groups is 2. The Morgan fingerprint density at radius 1 is 1.03 bits per heavy atom. The molecule has 7 heteroatoms. The average molecular weight is 484 g/mol. The number of amides is 2. The summed E-state index contributed by atoms with van der Waals surface area (Å²) in [5.74, 6) is 0.273. The third-order valence-corrected chi connectivity index (χ3v) is 6.36. The first kappa shape index (κ1) is 21.6. The SMILES string of the molecule is Cc1cccc(C)c1NC(=O)CN1CCN(C(=O)c2oc3ccc(Br)cc3c2C)CC1. The fourth-order valence-corrected chi connectivity index (χ4v) is 4.40. The number of halogens is 1. The second kappa shape index (κ2) is 8.85. The Morgan fingerprint density at radius 3 is 2.39 bits per heavy atom. The van der Waals surface area contributed by atoms with E-state index in [0.717, 1.165) is 32.2 Å². The molecule has 162 valence electrons. The number of hydrogen-bond acceptors (Lipinski definition) is 4. The number of fused-ring (bicyclic) bond motifs is 1. The summed E-state index contributed by atoms with van der Waals surface area (Å²) >= 11 is 3.47. The van der Waals surface area contributed by atoms with Gasteiger partial charge in [0.05, 0.1) is 6.54 Å².